The third kappa shape index (κ3) is 2.86. The predicted octanol–water partition coefficient (Wildman–Crippen LogP) is 4.85. The first-order chi connectivity index (χ1) is 12.9. The Balaban J connectivity index is 1.93. The van der Waals surface area contributed by atoms with Crippen LogP contribution in [0.5, 0.6) is 11.5 Å². The maximum absolute atomic E-state index is 10.5. The molecule has 0 bridgehead atoms. The highest BCUT2D eigenvalue weighted by atomic mass is 32.1. The highest BCUT2D eigenvalue weighted by molar-refractivity contribution is 7.80. The molecule has 4 aromatic rings. The van der Waals surface area contributed by atoms with Gasteiger partial charge in [0.05, 0.1) is 11.9 Å². The van der Waals surface area contributed by atoms with E-state index in [0.29, 0.717) is 10.7 Å². The minimum atomic E-state index is 0.00664. The second-order valence-corrected chi connectivity index (χ2v) is 7.43. The molecule has 0 aliphatic carbocycles. The zero-order valence-corrected chi connectivity index (χ0v) is 16.3. The van der Waals surface area contributed by atoms with Crippen LogP contribution in [0.1, 0.15) is 25.3 Å². The molecule has 6 heteroatoms. The first-order valence-corrected chi connectivity index (χ1v) is 9.20. The van der Waals surface area contributed by atoms with Crippen molar-refractivity contribution in [2.45, 2.75) is 24.9 Å². The van der Waals surface area contributed by atoms with Crippen LogP contribution in [0.2, 0.25) is 0 Å². The smallest absolute Gasteiger partial charge is 0.169 e. The van der Waals surface area contributed by atoms with Gasteiger partial charge in [0.15, 0.2) is 5.16 Å². The Bertz CT molecular complexity index is 1160. The van der Waals surface area contributed by atoms with Crippen molar-refractivity contribution in [2.24, 2.45) is 7.05 Å². The fourth-order valence-electron chi connectivity index (χ4n) is 3.46. The van der Waals surface area contributed by atoms with Crippen molar-refractivity contribution in [1.29, 1.82) is 0 Å². The van der Waals surface area contributed by atoms with Gasteiger partial charge in [-0.2, -0.15) is 0 Å². The third-order valence-electron chi connectivity index (χ3n) is 4.91. The zero-order chi connectivity index (χ0) is 19.3. The van der Waals surface area contributed by atoms with Gasteiger partial charge in [0.1, 0.15) is 11.5 Å². The molecule has 0 unspecified atom stereocenters. The summed E-state index contributed by atoms with van der Waals surface area (Å²) in [6, 6.07) is 11.4. The number of aromatic nitrogens is 3. The molecule has 0 amide bonds. The summed E-state index contributed by atoms with van der Waals surface area (Å²) in [4.78, 5) is 4.34. The average molecular weight is 379 g/mol. The Hall–Kier alpha value is -2.86. The van der Waals surface area contributed by atoms with Gasteiger partial charge in [0.25, 0.3) is 0 Å². The van der Waals surface area contributed by atoms with E-state index in [1.54, 1.807) is 6.20 Å². The Morgan fingerprint density at radius 2 is 1.81 bits per heavy atom. The van der Waals surface area contributed by atoms with E-state index in [4.69, 9.17) is 0 Å². The van der Waals surface area contributed by atoms with E-state index < -0.39 is 0 Å². The summed E-state index contributed by atoms with van der Waals surface area (Å²) in [6.07, 6.45) is 3.71. The van der Waals surface area contributed by atoms with Gasteiger partial charge in [0.2, 0.25) is 0 Å². The molecule has 2 aromatic heterocycles. The van der Waals surface area contributed by atoms with Crippen LogP contribution < -0.4 is 0 Å². The minimum absolute atomic E-state index is 0.00664. The number of benzene rings is 2. The lowest BCUT2D eigenvalue weighted by Gasteiger charge is -2.15. The van der Waals surface area contributed by atoms with Crippen molar-refractivity contribution in [3.63, 3.8) is 0 Å². The number of rotatable bonds is 3. The van der Waals surface area contributed by atoms with Gasteiger partial charge in [-0.1, -0.05) is 13.8 Å². The van der Waals surface area contributed by atoms with Crippen molar-refractivity contribution in [3.8, 4) is 28.4 Å². The molecular formula is C21H21N3O2S. The fraction of sp³-hybridized carbons (Fsp3) is 0.190. The van der Waals surface area contributed by atoms with Crippen molar-refractivity contribution in [3.05, 3.63) is 54.4 Å². The summed E-state index contributed by atoms with van der Waals surface area (Å²) in [6.45, 7) is 4.00. The number of aryl methyl sites for hydroxylation is 1. The summed E-state index contributed by atoms with van der Waals surface area (Å²) in [7, 11) is 2.01. The lowest BCUT2D eigenvalue weighted by atomic mass is 9.97. The van der Waals surface area contributed by atoms with Crippen LogP contribution in [0.3, 0.4) is 0 Å². The molecule has 0 aliphatic rings. The molecule has 5 nitrogen and oxygen atoms in total. The second-order valence-electron chi connectivity index (χ2n) is 7.03. The van der Waals surface area contributed by atoms with Gasteiger partial charge in [-0.15, -0.1) is 12.6 Å². The quantitative estimate of drug-likeness (QED) is 0.446. The number of aromatic hydroxyl groups is 2. The van der Waals surface area contributed by atoms with E-state index in [2.05, 4.69) is 40.4 Å². The lowest BCUT2D eigenvalue weighted by Crippen LogP contribution is -1.99. The molecule has 0 radical (unpaired) electrons. The number of nitrogens with zero attached hydrogens (tertiary/aromatic N) is 3. The van der Waals surface area contributed by atoms with Crippen LogP contribution in [-0.2, 0) is 7.05 Å². The van der Waals surface area contributed by atoms with E-state index in [0.717, 1.165) is 27.8 Å². The topological polar surface area (TPSA) is 63.2 Å². The fourth-order valence-corrected chi connectivity index (χ4v) is 3.74. The average Bonchev–Trinajstić information content (AvgIpc) is 3.17. The maximum atomic E-state index is 10.5. The minimum Gasteiger partial charge on any atom is -0.508 e. The van der Waals surface area contributed by atoms with Crippen molar-refractivity contribution in [1.82, 2.24) is 14.1 Å². The van der Waals surface area contributed by atoms with Crippen LogP contribution in [0.15, 0.2) is 53.9 Å². The van der Waals surface area contributed by atoms with Gasteiger partial charge in [-0.25, -0.2) is 4.98 Å². The van der Waals surface area contributed by atoms with Crippen molar-refractivity contribution < 1.29 is 10.2 Å². The van der Waals surface area contributed by atoms with Gasteiger partial charge in [-0.3, -0.25) is 4.57 Å². The number of thiol groups is 1. The van der Waals surface area contributed by atoms with E-state index in [1.165, 1.54) is 6.07 Å². The van der Waals surface area contributed by atoms with Crippen LogP contribution in [0.4, 0.5) is 0 Å². The SMILES string of the molecule is CC(C)c1cc(-c2cnc(S)n2-c2ccc3c(ccn3C)c2)c(O)cc1O. The first-order valence-electron chi connectivity index (χ1n) is 8.75. The molecule has 2 heterocycles. The van der Waals surface area contributed by atoms with Gasteiger partial charge >= 0.3 is 0 Å². The number of hydrogen-bond acceptors (Lipinski definition) is 4. The molecule has 0 fully saturated rings. The Morgan fingerprint density at radius 1 is 1.04 bits per heavy atom. The summed E-state index contributed by atoms with van der Waals surface area (Å²) >= 11 is 4.52. The summed E-state index contributed by atoms with van der Waals surface area (Å²) in [5, 5.41) is 22.3. The largest absolute Gasteiger partial charge is 0.508 e. The van der Waals surface area contributed by atoms with E-state index in [9.17, 15) is 10.2 Å². The normalized spacial score (nSPS) is 11.6. The summed E-state index contributed by atoms with van der Waals surface area (Å²) in [5.41, 5.74) is 4.14. The standard InChI is InChI=1S/C21H21N3O2S/c1-12(2)15-9-16(20(26)10-19(15)25)18-11-22-21(27)24(18)14-4-5-17-13(8-14)6-7-23(17)3/h4-12,25-26H,1-3H3,(H,22,27). The van der Waals surface area contributed by atoms with E-state index in [-0.39, 0.29) is 17.4 Å². The van der Waals surface area contributed by atoms with Crippen LogP contribution in [0.25, 0.3) is 27.8 Å². The first kappa shape index (κ1) is 17.5. The highest BCUT2D eigenvalue weighted by Gasteiger charge is 2.18. The molecule has 2 N–H and O–H groups in total. The zero-order valence-electron chi connectivity index (χ0n) is 15.4. The molecule has 0 aliphatic heterocycles. The number of hydrogen-bond donors (Lipinski definition) is 3. The number of imidazole rings is 1. The van der Waals surface area contributed by atoms with Crippen LogP contribution in [0, 0.1) is 0 Å². The number of phenols is 2. The van der Waals surface area contributed by atoms with Crippen molar-refractivity contribution >= 4 is 23.5 Å². The predicted molar refractivity (Wildman–Crippen MR) is 110 cm³/mol. The highest BCUT2D eigenvalue weighted by Crippen LogP contribution is 2.39. The third-order valence-corrected chi connectivity index (χ3v) is 5.23. The number of phenolic OH excluding ortho intramolecular Hbond substituents is 2. The molecular weight excluding hydrogens is 358 g/mol. The van der Waals surface area contributed by atoms with E-state index in [1.807, 2.05) is 43.8 Å². The molecule has 0 atom stereocenters. The molecule has 4 rings (SSSR count). The van der Waals surface area contributed by atoms with Crippen LogP contribution in [-0.4, -0.2) is 24.3 Å². The molecule has 27 heavy (non-hydrogen) atoms. The number of fused-ring (bicyclic) bond motifs is 1. The van der Waals surface area contributed by atoms with Crippen molar-refractivity contribution in [2.75, 3.05) is 0 Å². The van der Waals surface area contributed by atoms with Gasteiger partial charge in [0, 0.05) is 41.5 Å². The Labute approximate surface area is 162 Å². The summed E-state index contributed by atoms with van der Waals surface area (Å²) in [5.74, 6) is 0.221. The Morgan fingerprint density at radius 3 is 2.56 bits per heavy atom. The Kier molecular flexibility index (Phi) is 4.15. The van der Waals surface area contributed by atoms with Gasteiger partial charge < -0.3 is 14.8 Å². The lowest BCUT2D eigenvalue weighted by molar-refractivity contribution is 0.445. The maximum Gasteiger partial charge on any atom is 0.169 e. The van der Waals surface area contributed by atoms with Gasteiger partial charge in [-0.05, 0) is 41.8 Å². The monoisotopic (exact) mass is 379 g/mol. The molecule has 0 spiro atoms. The molecule has 0 saturated heterocycles. The molecule has 138 valence electrons. The second kappa shape index (κ2) is 6.39. The molecule has 2 aromatic carbocycles. The van der Waals surface area contributed by atoms with E-state index >= 15 is 0 Å². The molecule has 0 saturated carbocycles. The van der Waals surface area contributed by atoms with Crippen LogP contribution >= 0.6 is 12.6 Å². The summed E-state index contributed by atoms with van der Waals surface area (Å²) < 4.78 is 3.96.